The lowest BCUT2D eigenvalue weighted by Gasteiger charge is -1.99. The molecule has 0 atom stereocenters. The van der Waals surface area contributed by atoms with Crippen molar-refractivity contribution in [2.24, 2.45) is 0 Å². The number of carbonyl (C=O) groups is 1. The van der Waals surface area contributed by atoms with Crippen molar-refractivity contribution in [3.8, 4) is 11.4 Å². The van der Waals surface area contributed by atoms with Crippen molar-refractivity contribution in [2.75, 3.05) is 0 Å². The smallest absolute Gasteiger partial charge is 0.338 e. The van der Waals surface area contributed by atoms with E-state index in [9.17, 15) is 9.18 Å². The van der Waals surface area contributed by atoms with Crippen molar-refractivity contribution < 1.29 is 18.8 Å². The summed E-state index contributed by atoms with van der Waals surface area (Å²) in [4.78, 5) is 14.6. The normalized spacial score (nSPS) is 10.4. The molecule has 0 aliphatic carbocycles. The highest BCUT2D eigenvalue weighted by molar-refractivity contribution is 5.89. The summed E-state index contributed by atoms with van der Waals surface area (Å²) >= 11 is 0. The number of hydrogen-bond acceptors (Lipinski definition) is 4. The van der Waals surface area contributed by atoms with Gasteiger partial charge in [0.25, 0.3) is 0 Å². The van der Waals surface area contributed by atoms with Gasteiger partial charge in [-0.2, -0.15) is 4.98 Å². The van der Waals surface area contributed by atoms with E-state index in [1.165, 1.54) is 12.1 Å². The lowest BCUT2D eigenvalue weighted by molar-refractivity contribution is 0.0692. The van der Waals surface area contributed by atoms with Crippen molar-refractivity contribution in [1.29, 1.82) is 0 Å². The lowest BCUT2D eigenvalue weighted by Crippen LogP contribution is -2.00. The molecule has 0 spiro atoms. The van der Waals surface area contributed by atoms with Crippen molar-refractivity contribution in [1.82, 2.24) is 10.1 Å². The summed E-state index contributed by atoms with van der Waals surface area (Å²) in [7, 11) is 0. The Morgan fingerprint density at radius 2 is 2.25 bits per heavy atom. The molecule has 0 aliphatic rings. The van der Waals surface area contributed by atoms with Gasteiger partial charge in [0.15, 0.2) is 0 Å². The van der Waals surface area contributed by atoms with Crippen LogP contribution < -0.4 is 0 Å². The van der Waals surface area contributed by atoms with Crippen LogP contribution in [0.15, 0.2) is 22.7 Å². The number of aromatic nitrogens is 2. The number of nitrogens with zero attached hydrogens (tertiary/aromatic N) is 2. The molecule has 0 aliphatic heterocycles. The number of benzene rings is 1. The minimum Gasteiger partial charge on any atom is -0.478 e. The van der Waals surface area contributed by atoms with Crippen LogP contribution in [0, 0.1) is 12.7 Å². The number of rotatable bonds is 2. The third kappa shape index (κ3) is 1.77. The predicted molar refractivity (Wildman–Crippen MR) is 51.4 cm³/mol. The Kier molecular flexibility index (Phi) is 2.40. The molecule has 0 unspecified atom stereocenters. The molecule has 0 fully saturated rings. The molecular formula is C10H7FN2O3. The summed E-state index contributed by atoms with van der Waals surface area (Å²) in [6.07, 6.45) is 0. The molecule has 2 aromatic rings. The monoisotopic (exact) mass is 222 g/mol. The Labute approximate surface area is 89.5 Å². The van der Waals surface area contributed by atoms with Gasteiger partial charge in [-0.25, -0.2) is 9.18 Å². The maximum absolute atomic E-state index is 13.1. The molecule has 16 heavy (non-hydrogen) atoms. The van der Waals surface area contributed by atoms with Crippen LogP contribution in [0.25, 0.3) is 11.4 Å². The van der Waals surface area contributed by atoms with Gasteiger partial charge in [-0.05, 0) is 18.2 Å². The van der Waals surface area contributed by atoms with Gasteiger partial charge in [-0.15, -0.1) is 0 Å². The Morgan fingerprint density at radius 1 is 1.50 bits per heavy atom. The second kappa shape index (κ2) is 3.73. The summed E-state index contributed by atoms with van der Waals surface area (Å²) < 4.78 is 17.8. The van der Waals surface area contributed by atoms with Crippen molar-refractivity contribution in [3.63, 3.8) is 0 Å². The number of aromatic carboxylic acids is 1. The fourth-order valence-corrected chi connectivity index (χ4v) is 1.24. The first-order chi connectivity index (χ1) is 7.58. The Bertz CT molecular complexity index is 551. The van der Waals surface area contributed by atoms with Crippen LogP contribution in [0.2, 0.25) is 0 Å². The second-order valence-corrected chi connectivity index (χ2v) is 3.14. The number of aryl methyl sites for hydroxylation is 1. The summed E-state index contributed by atoms with van der Waals surface area (Å²) in [6, 6.07) is 3.62. The fraction of sp³-hybridized carbons (Fsp3) is 0.100. The first kappa shape index (κ1) is 10.3. The summed E-state index contributed by atoms with van der Waals surface area (Å²) in [5, 5.41) is 12.4. The predicted octanol–water partition coefficient (Wildman–Crippen LogP) is 1.88. The molecule has 0 saturated heterocycles. The van der Waals surface area contributed by atoms with Crippen molar-refractivity contribution in [2.45, 2.75) is 6.92 Å². The molecule has 5 nitrogen and oxygen atoms in total. The Balaban J connectivity index is 2.51. The topological polar surface area (TPSA) is 76.2 Å². The highest BCUT2D eigenvalue weighted by Crippen LogP contribution is 2.19. The molecule has 1 aromatic heterocycles. The van der Waals surface area contributed by atoms with Crippen LogP contribution in [-0.2, 0) is 0 Å². The van der Waals surface area contributed by atoms with E-state index in [-0.39, 0.29) is 5.82 Å². The minimum atomic E-state index is -1.33. The van der Waals surface area contributed by atoms with Crippen LogP contribution in [0.1, 0.15) is 16.2 Å². The first-order valence-electron chi connectivity index (χ1n) is 4.41. The molecule has 1 N–H and O–H groups in total. The van der Waals surface area contributed by atoms with Crippen LogP contribution in [0.4, 0.5) is 4.39 Å². The minimum absolute atomic E-state index is 0.236. The van der Waals surface area contributed by atoms with E-state index in [2.05, 4.69) is 10.1 Å². The van der Waals surface area contributed by atoms with E-state index in [0.717, 1.165) is 6.07 Å². The van der Waals surface area contributed by atoms with Gasteiger partial charge in [0.2, 0.25) is 11.7 Å². The molecule has 0 amide bonds. The van der Waals surface area contributed by atoms with Gasteiger partial charge in [0.05, 0.1) is 5.56 Å². The summed E-state index contributed by atoms with van der Waals surface area (Å²) in [5.74, 6) is -1.53. The van der Waals surface area contributed by atoms with E-state index in [0.29, 0.717) is 11.5 Å². The van der Waals surface area contributed by atoms with E-state index in [1.54, 1.807) is 6.92 Å². The zero-order chi connectivity index (χ0) is 11.7. The zero-order valence-corrected chi connectivity index (χ0v) is 8.27. The highest BCUT2D eigenvalue weighted by Gasteiger charge is 2.13. The maximum atomic E-state index is 13.1. The zero-order valence-electron chi connectivity index (χ0n) is 8.27. The molecule has 0 bridgehead atoms. The molecule has 2 rings (SSSR count). The number of hydrogen-bond donors (Lipinski definition) is 1. The molecule has 6 heteroatoms. The van der Waals surface area contributed by atoms with Gasteiger partial charge in [-0.1, -0.05) is 5.16 Å². The average molecular weight is 222 g/mol. The van der Waals surface area contributed by atoms with Crippen molar-refractivity contribution >= 4 is 5.97 Å². The molecular weight excluding hydrogens is 215 g/mol. The maximum Gasteiger partial charge on any atom is 0.338 e. The van der Waals surface area contributed by atoms with Gasteiger partial charge in [0.1, 0.15) is 5.82 Å². The number of carboxylic acid groups (broad SMARTS) is 1. The number of carboxylic acids is 1. The molecule has 82 valence electrons. The third-order valence-corrected chi connectivity index (χ3v) is 1.98. The largest absolute Gasteiger partial charge is 0.478 e. The van der Waals surface area contributed by atoms with E-state index >= 15 is 0 Å². The summed E-state index contributed by atoms with van der Waals surface area (Å²) in [6.45, 7) is 1.61. The lowest BCUT2D eigenvalue weighted by atomic mass is 10.1. The molecule has 1 heterocycles. The van der Waals surface area contributed by atoms with Crippen LogP contribution in [0.3, 0.4) is 0 Å². The SMILES string of the molecule is Cc1nc(-c2ccc(F)c(C(=O)O)c2)no1. The van der Waals surface area contributed by atoms with Gasteiger partial charge in [0, 0.05) is 12.5 Å². The first-order valence-corrected chi connectivity index (χ1v) is 4.41. The van der Waals surface area contributed by atoms with Crippen LogP contribution in [-0.4, -0.2) is 21.2 Å². The Morgan fingerprint density at radius 3 is 2.81 bits per heavy atom. The van der Waals surface area contributed by atoms with Gasteiger partial charge in [-0.3, -0.25) is 0 Å². The standard InChI is InChI=1S/C10H7FN2O3/c1-5-12-9(13-16-5)6-2-3-8(11)7(4-6)10(14)15/h2-4H,1H3,(H,14,15). The number of halogens is 1. The van der Waals surface area contributed by atoms with E-state index in [4.69, 9.17) is 9.63 Å². The van der Waals surface area contributed by atoms with E-state index < -0.39 is 17.3 Å². The Hall–Kier alpha value is -2.24. The van der Waals surface area contributed by atoms with Crippen LogP contribution >= 0.6 is 0 Å². The molecule has 1 aromatic carbocycles. The quantitative estimate of drug-likeness (QED) is 0.839. The second-order valence-electron chi connectivity index (χ2n) is 3.14. The summed E-state index contributed by atoms with van der Waals surface area (Å²) in [5.41, 5.74) is -0.0180. The molecule has 0 saturated carbocycles. The van der Waals surface area contributed by atoms with Gasteiger partial charge >= 0.3 is 5.97 Å². The third-order valence-electron chi connectivity index (χ3n) is 1.98. The average Bonchev–Trinajstić information content (AvgIpc) is 2.65. The molecule has 0 radical (unpaired) electrons. The van der Waals surface area contributed by atoms with Gasteiger partial charge < -0.3 is 9.63 Å². The van der Waals surface area contributed by atoms with Crippen LogP contribution in [0.5, 0.6) is 0 Å². The van der Waals surface area contributed by atoms with Crippen molar-refractivity contribution in [3.05, 3.63) is 35.5 Å². The fourth-order valence-electron chi connectivity index (χ4n) is 1.24. The van der Waals surface area contributed by atoms with E-state index in [1.807, 2.05) is 0 Å². The highest BCUT2D eigenvalue weighted by atomic mass is 19.1.